The third-order valence-corrected chi connectivity index (χ3v) is 2.54. The van der Waals surface area contributed by atoms with E-state index < -0.39 is 11.6 Å². The minimum absolute atomic E-state index is 0.467. The molecule has 0 saturated heterocycles. The molecule has 0 aliphatic rings. The number of benzene rings is 1. The van der Waals surface area contributed by atoms with Crippen LogP contribution in [0.5, 0.6) is 0 Å². The van der Waals surface area contributed by atoms with Gasteiger partial charge < -0.3 is 10.3 Å². The number of fused-ring (bicyclic) bond motifs is 1. The number of nitrogens with zero attached hydrogens (tertiary/aromatic N) is 1. The topological polar surface area (TPSA) is 40.7 Å². The number of imidazole rings is 1. The van der Waals surface area contributed by atoms with Crippen LogP contribution in [0.15, 0.2) is 12.1 Å². The molecule has 0 amide bonds. The second kappa shape index (κ2) is 5.23. The van der Waals surface area contributed by atoms with E-state index in [0.717, 1.165) is 43.9 Å². The summed E-state index contributed by atoms with van der Waals surface area (Å²) in [6, 6.07) is 2.25. The van der Waals surface area contributed by atoms with Gasteiger partial charge in [-0.25, -0.2) is 13.8 Å². The molecule has 2 rings (SSSR count). The second-order valence-electron chi connectivity index (χ2n) is 3.97. The summed E-state index contributed by atoms with van der Waals surface area (Å²) in [5.74, 6) is -0.968. The third-order valence-electron chi connectivity index (χ3n) is 2.54. The Hall–Kier alpha value is -1.49. The fourth-order valence-electron chi connectivity index (χ4n) is 1.68. The van der Waals surface area contributed by atoms with E-state index >= 15 is 0 Å². The summed E-state index contributed by atoms with van der Waals surface area (Å²) in [7, 11) is 0. The Morgan fingerprint density at radius 1 is 1.24 bits per heavy atom. The Morgan fingerprint density at radius 3 is 2.76 bits per heavy atom. The summed E-state index contributed by atoms with van der Waals surface area (Å²) in [4.78, 5) is 7.19. The molecule has 0 fully saturated rings. The van der Waals surface area contributed by atoms with Crippen LogP contribution in [0.3, 0.4) is 0 Å². The normalized spacial score (nSPS) is 11.2. The van der Waals surface area contributed by atoms with E-state index in [-0.39, 0.29) is 0 Å². The Morgan fingerprint density at radius 2 is 2.00 bits per heavy atom. The van der Waals surface area contributed by atoms with Crippen molar-refractivity contribution < 1.29 is 8.78 Å². The highest BCUT2D eigenvalue weighted by atomic mass is 19.2. The average Bonchev–Trinajstić information content (AvgIpc) is 2.67. The first-order valence-corrected chi connectivity index (χ1v) is 5.75. The lowest BCUT2D eigenvalue weighted by atomic mass is 10.3. The van der Waals surface area contributed by atoms with Crippen molar-refractivity contribution in [2.75, 3.05) is 13.1 Å². The van der Waals surface area contributed by atoms with Gasteiger partial charge in [0, 0.05) is 25.1 Å². The fraction of sp³-hybridized carbons (Fsp3) is 0.417. The largest absolute Gasteiger partial charge is 0.342 e. The first-order chi connectivity index (χ1) is 8.20. The van der Waals surface area contributed by atoms with E-state index in [0.29, 0.717) is 11.0 Å². The highest BCUT2D eigenvalue weighted by Gasteiger charge is 2.08. The summed E-state index contributed by atoms with van der Waals surface area (Å²) < 4.78 is 25.9. The van der Waals surface area contributed by atoms with Crippen LogP contribution in [-0.2, 0) is 6.42 Å². The van der Waals surface area contributed by atoms with Crippen molar-refractivity contribution >= 4 is 11.0 Å². The summed E-state index contributed by atoms with van der Waals surface area (Å²) in [5, 5.41) is 3.24. The molecule has 2 N–H and O–H groups in total. The van der Waals surface area contributed by atoms with Crippen molar-refractivity contribution in [1.29, 1.82) is 0 Å². The lowest BCUT2D eigenvalue weighted by molar-refractivity contribution is 0.510. The van der Waals surface area contributed by atoms with Crippen LogP contribution in [0.2, 0.25) is 0 Å². The highest BCUT2D eigenvalue weighted by Crippen LogP contribution is 2.16. The van der Waals surface area contributed by atoms with Crippen molar-refractivity contribution in [1.82, 2.24) is 15.3 Å². The number of hydrogen-bond acceptors (Lipinski definition) is 2. The second-order valence-corrected chi connectivity index (χ2v) is 3.97. The zero-order valence-electron chi connectivity index (χ0n) is 9.69. The summed E-state index contributed by atoms with van der Waals surface area (Å²) >= 11 is 0. The maximum atomic E-state index is 13.0. The molecule has 17 heavy (non-hydrogen) atoms. The van der Waals surface area contributed by atoms with Crippen LogP contribution in [0.4, 0.5) is 8.78 Å². The van der Waals surface area contributed by atoms with E-state index in [9.17, 15) is 8.78 Å². The van der Waals surface area contributed by atoms with Crippen molar-refractivity contribution in [2.24, 2.45) is 0 Å². The Kier molecular flexibility index (Phi) is 3.68. The summed E-state index contributed by atoms with van der Waals surface area (Å²) in [6.45, 7) is 3.86. The lowest BCUT2D eigenvalue weighted by Gasteiger charge is -1.99. The van der Waals surface area contributed by atoms with Crippen LogP contribution in [0.25, 0.3) is 11.0 Å². The first kappa shape index (κ1) is 12.0. The zero-order valence-corrected chi connectivity index (χ0v) is 9.69. The minimum Gasteiger partial charge on any atom is -0.342 e. The quantitative estimate of drug-likeness (QED) is 0.786. The zero-order chi connectivity index (χ0) is 12.3. The van der Waals surface area contributed by atoms with Crippen LogP contribution in [-0.4, -0.2) is 23.1 Å². The van der Waals surface area contributed by atoms with Gasteiger partial charge in [0.15, 0.2) is 11.6 Å². The number of halogens is 2. The Bertz CT molecular complexity index is 469. The predicted octanol–water partition coefficient (Wildman–Crippen LogP) is 2.38. The molecule has 5 heteroatoms. The molecule has 0 atom stereocenters. The number of H-pyrrole nitrogens is 1. The Balaban J connectivity index is 2.09. The van der Waals surface area contributed by atoms with Gasteiger partial charge in [-0.3, -0.25) is 0 Å². The molecule has 0 saturated carbocycles. The lowest BCUT2D eigenvalue weighted by Crippen LogP contribution is -2.18. The molecule has 0 aliphatic carbocycles. The van der Waals surface area contributed by atoms with Gasteiger partial charge in [0.2, 0.25) is 0 Å². The number of rotatable bonds is 5. The summed E-state index contributed by atoms with van der Waals surface area (Å²) in [6.07, 6.45) is 1.80. The molecule has 1 aromatic heterocycles. The van der Waals surface area contributed by atoms with Gasteiger partial charge >= 0.3 is 0 Å². The standard InChI is InChI=1S/C12H15F2N3/c1-2-4-15-5-3-12-16-10-6-8(13)9(14)7-11(10)17-12/h6-7,15H,2-5H2,1H3,(H,16,17). The molecule has 0 unspecified atom stereocenters. The van der Waals surface area contributed by atoms with Gasteiger partial charge in [-0.05, 0) is 13.0 Å². The van der Waals surface area contributed by atoms with E-state index in [1.165, 1.54) is 0 Å². The molecule has 92 valence electrons. The van der Waals surface area contributed by atoms with Crippen LogP contribution in [0.1, 0.15) is 19.2 Å². The number of aromatic amines is 1. The smallest absolute Gasteiger partial charge is 0.161 e. The van der Waals surface area contributed by atoms with E-state index in [1.807, 2.05) is 0 Å². The van der Waals surface area contributed by atoms with Crippen LogP contribution >= 0.6 is 0 Å². The molecule has 0 spiro atoms. The highest BCUT2D eigenvalue weighted by molar-refractivity contribution is 5.75. The van der Waals surface area contributed by atoms with Crippen molar-refractivity contribution in [2.45, 2.75) is 19.8 Å². The van der Waals surface area contributed by atoms with Crippen molar-refractivity contribution in [3.63, 3.8) is 0 Å². The summed E-state index contributed by atoms with van der Waals surface area (Å²) in [5.41, 5.74) is 1.00. The van der Waals surface area contributed by atoms with Gasteiger partial charge in [-0.15, -0.1) is 0 Å². The predicted molar refractivity (Wildman–Crippen MR) is 62.9 cm³/mol. The SMILES string of the molecule is CCCNCCc1nc2cc(F)c(F)cc2[nH]1. The molecular formula is C12H15F2N3. The van der Waals surface area contributed by atoms with E-state index in [1.54, 1.807) is 0 Å². The van der Waals surface area contributed by atoms with Crippen LogP contribution < -0.4 is 5.32 Å². The van der Waals surface area contributed by atoms with Crippen molar-refractivity contribution in [3.05, 3.63) is 29.6 Å². The minimum atomic E-state index is -0.861. The monoisotopic (exact) mass is 239 g/mol. The Labute approximate surface area is 98.2 Å². The molecule has 0 bridgehead atoms. The van der Waals surface area contributed by atoms with Gasteiger partial charge in [0.25, 0.3) is 0 Å². The van der Waals surface area contributed by atoms with Crippen LogP contribution in [0, 0.1) is 11.6 Å². The van der Waals surface area contributed by atoms with Gasteiger partial charge in [0.1, 0.15) is 5.82 Å². The first-order valence-electron chi connectivity index (χ1n) is 5.75. The molecule has 0 radical (unpaired) electrons. The maximum Gasteiger partial charge on any atom is 0.161 e. The van der Waals surface area contributed by atoms with Gasteiger partial charge in [0.05, 0.1) is 11.0 Å². The average molecular weight is 239 g/mol. The third kappa shape index (κ3) is 2.79. The van der Waals surface area contributed by atoms with Crippen molar-refractivity contribution in [3.8, 4) is 0 Å². The molecule has 2 aromatic rings. The number of hydrogen-bond donors (Lipinski definition) is 2. The molecule has 0 aliphatic heterocycles. The maximum absolute atomic E-state index is 13.0. The van der Waals surface area contributed by atoms with Gasteiger partial charge in [-0.1, -0.05) is 6.92 Å². The molecular weight excluding hydrogens is 224 g/mol. The number of nitrogens with one attached hydrogen (secondary N) is 2. The molecule has 1 aromatic carbocycles. The fourth-order valence-corrected chi connectivity index (χ4v) is 1.68. The molecule has 1 heterocycles. The molecule has 3 nitrogen and oxygen atoms in total. The van der Waals surface area contributed by atoms with E-state index in [2.05, 4.69) is 22.2 Å². The van der Waals surface area contributed by atoms with Gasteiger partial charge in [-0.2, -0.15) is 0 Å². The number of aromatic nitrogens is 2. The van der Waals surface area contributed by atoms with E-state index in [4.69, 9.17) is 0 Å².